The van der Waals surface area contributed by atoms with Gasteiger partial charge in [0, 0.05) is 42.8 Å². The van der Waals surface area contributed by atoms with Crippen LogP contribution in [0.3, 0.4) is 0 Å². The van der Waals surface area contributed by atoms with E-state index in [1.807, 2.05) is 0 Å². The lowest BCUT2D eigenvalue weighted by Crippen LogP contribution is -2.63. The summed E-state index contributed by atoms with van der Waals surface area (Å²) in [6.07, 6.45) is 1.35. The van der Waals surface area contributed by atoms with Crippen LogP contribution in [0.15, 0.2) is 12.3 Å². The molecule has 0 unspecified atom stereocenters. The molecule has 2 heteroatoms. The van der Waals surface area contributed by atoms with E-state index in [0.29, 0.717) is 11.0 Å². The lowest BCUT2D eigenvalue weighted by molar-refractivity contribution is -0.0507. The topological polar surface area (TPSA) is 6.48 Å². The Balaban J connectivity index is 1.91. The van der Waals surface area contributed by atoms with Crippen LogP contribution in [0.5, 0.6) is 0 Å². The van der Waals surface area contributed by atoms with E-state index < -0.39 is 0 Å². The van der Waals surface area contributed by atoms with Crippen molar-refractivity contribution in [2.75, 3.05) is 26.2 Å². The molecule has 2 fully saturated rings. The first-order valence-electron chi connectivity index (χ1n) is 5.98. The van der Waals surface area contributed by atoms with Crippen LogP contribution in [0, 0.1) is 5.41 Å². The van der Waals surface area contributed by atoms with Crippen molar-refractivity contribution in [1.29, 1.82) is 0 Å². The van der Waals surface area contributed by atoms with Crippen molar-refractivity contribution in [2.45, 2.75) is 39.7 Å². The molecule has 2 aliphatic heterocycles. The molecular weight excluding hydrogens is 184 g/mol. The van der Waals surface area contributed by atoms with Crippen LogP contribution in [0.4, 0.5) is 0 Å². The molecule has 0 aromatic heterocycles. The van der Waals surface area contributed by atoms with Crippen LogP contribution in [-0.2, 0) is 0 Å². The highest BCUT2D eigenvalue weighted by atomic mass is 15.3. The first-order valence-corrected chi connectivity index (χ1v) is 5.98. The smallest absolute Gasteiger partial charge is 0.0256 e. The minimum absolute atomic E-state index is 0.349. The molecule has 0 aromatic rings. The number of allylic oxidation sites excluding steroid dienone is 1. The van der Waals surface area contributed by atoms with Gasteiger partial charge in [-0.3, -0.25) is 4.90 Å². The van der Waals surface area contributed by atoms with Crippen LogP contribution in [0.1, 0.15) is 34.1 Å². The molecule has 0 radical (unpaired) electrons. The zero-order chi connectivity index (χ0) is 11.3. The van der Waals surface area contributed by atoms with Gasteiger partial charge in [0.25, 0.3) is 0 Å². The summed E-state index contributed by atoms with van der Waals surface area (Å²) in [4.78, 5) is 5.04. The molecule has 0 bridgehead atoms. The van der Waals surface area contributed by atoms with Crippen molar-refractivity contribution >= 4 is 0 Å². The molecule has 0 amide bonds. The third-order valence-electron chi connectivity index (χ3n) is 3.98. The maximum Gasteiger partial charge on any atom is 0.0256 e. The predicted octanol–water partition coefficient (Wildman–Crippen LogP) is 2.33. The van der Waals surface area contributed by atoms with Crippen LogP contribution in [0.2, 0.25) is 0 Å². The fraction of sp³-hybridized carbons (Fsp3) is 0.846. The average molecular weight is 208 g/mol. The Labute approximate surface area is 93.9 Å². The summed E-state index contributed by atoms with van der Waals surface area (Å²) in [5.74, 6) is 0. The third-order valence-corrected chi connectivity index (χ3v) is 3.98. The van der Waals surface area contributed by atoms with Gasteiger partial charge in [0.2, 0.25) is 0 Å². The molecule has 2 saturated heterocycles. The molecule has 2 aliphatic rings. The summed E-state index contributed by atoms with van der Waals surface area (Å²) in [5, 5.41) is 0. The van der Waals surface area contributed by atoms with Gasteiger partial charge in [-0.2, -0.15) is 0 Å². The van der Waals surface area contributed by atoms with Gasteiger partial charge < -0.3 is 4.90 Å². The van der Waals surface area contributed by atoms with Gasteiger partial charge in [-0.05, 0) is 34.1 Å². The molecule has 0 saturated carbocycles. The molecule has 0 atom stereocenters. The number of nitrogens with zero attached hydrogens (tertiary/aromatic N) is 2. The van der Waals surface area contributed by atoms with E-state index >= 15 is 0 Å². The van der Waals surface area contributed by atoms with E-state index in [4.69, 9.17) is 0 Å². The van der Waals surface area contributed by atoms with Crippen LogP contribution >= 0.6 is 0 Å². The SMILES string of the molecule is C=C(C)N1CCC2(C1)CN(C(C)(C)C)C2. The second-order valence-electron chi connectivity index (χ2n) is 6.43. The minimum atomic E-state index is 0.349. The molecule has 1 spiro atoms. The summed E-state index contributed by atoms with van der Waals surface area (Å²) in [7, 11) is 0. The Morgan fingerprint density at radius 3 is 2.20 bits per heavy atom. The number of hydrogen-bond donors (Lipinski definition) is 0. The predicted molar refractivity (Wildman–Crippen MR) is 64.8 cm³/mol. The zero-order valence-corrected chi connectivity index (χ0v) is 10.6. The molecule has 2 heterocycles. The van der Waals surface area contributed by atoms with E-state index in [1.54, 1.807) is 0 Å². The summed E-state index contributed by atoms with van der Waals surface area (Å²) in [5.41, 5.74) is 2.18. The molecule has 0 N–H and O–H groups in total. The summed E-state index contributed by atoms with van der Waals surface area (Å²) >= 11 is 0. The van der Waals surface area contributed by atoms with E-state index in [0.717, 1.165) is 0 Å². The van der Waals surface area contributed by atoms with Gasteiger partial charge in [0.1, 0.15) is 0 Å². The van der Waals surface area contributed by atoms with Gasteiger partial charge in [0.15, 0.2) is 0 Å². The normalized spacial score (nSPS) is 25.7. The van der Waals surface area contributed by atoms with E-state index in [2.05, 4.69) is 44.1 Å². The molecular formula is C13H24N2. The monoisotopic (exact) mass is 208 g/mol. The van der Waals surface area contributed by atoms with Gasteiger partial charge in [-0.1, -0.05) is 6.58 Å². The largest absolute Gasteiger partial charge is 0.375 e. The molecule has 15 heavy (non-hydrogen) atoms. The average Bonchev–Trinajstić information content (AvgIpc) is 2.42. The van der Waals surface area contributed by atoms with E-state index in [-0.39, 0.29) is 0 Å². The number of hydrogen-bond acceptors (Lipinski definition) is 2. The lowest BCUT2D eigenvalue weighted by atomic mass is 9.76. The van der Waals surface area contributed by atoms with Gasteiger partial charge in [0.05, 0.1) is 0 Å². The van der Waals surface area contributed by atoms with Gasteiger partial charge in [-0.15, -0.1) is 0 Å². The van der Waals surface area contributed by atoms with Crippen molar-refractivity contribution in [2.24, 2.45) is 5.41 Å². The second kappa shape index (κ2) is 3.24. The van der Waals surface area contributed by atoms with Crippen LogP contribution in [0.25, 0.3) is 0 Å². The Kier molecular flexibility index (Phi) is 2.38. The van der Waals surface area contributed by atoms with Crippen molar-refractivity contribution in [3.8, 4) is 0 Å². The van der Waals surface area contributed by atoms with Crippen LogP contribution < -0.4 is 0 Å². The second-order valence-corrected chi connectivity index (χ2v) is 6.43. The lowest BCUT2D eigenvalue weighted by Gasteiger charge is -2.54. The minimum Gasteiger partial charge on any atom is -0.375 e. The first kappa shape index (κ1) is 11.0. The highest BCUT2D eigenvalue weighted by molar-refractivity contribution is 5.08. The fourth-order valence-corrected chi connectivity index (χ4v) is 2.76. The molecule has 0 aliphatic carbocycles. The molecule has 2 rings (SSSR count). The molecule has 0 aromatic carbocycles. The Morgan fingerprint density at radius 2 is 1.80 bits per heavy atom. The van der Waals surface area contributed by atoms with Crippen molar-refractivity contribution in [3.63, 3.8) is 0 Å². The maximum atomic E-state index is 4.04. The maximum absolute atomic E-state index is 4.04. The van der Waals surface area contributed by atoms with E-state index in [9.17, 15) is 0 Å². The number of likely N-dealkylation sites (tertiary alicyclic amines) is 2. The van der Waals surface area contributed by atoms with Gasteiger partial charge in [-0.25, -0.2) is 0 Å². The van der Waals surface area contributed by atoms with Crippen LogP contribution in [-0.4, -0.2) is 41.5 Å². The standard InChI is InChI=1S/C13H24N2/c1-11(2)14-7-6-13(8-14)9-15(10-13)12(3,4)5/h1,6-10H2,2-5H3. The zero-order valence-electron chi connectivity index (χ0n) is 10.6. The first-order chi connectivity index (χ1) is 6.82. The Hall–Kier alpha value is -0.500. The Morgan fingerprint density at radius 1 is 1.20 bits per heavy atom. The van der Waals surface area contributed by atoms with E-state index in [1.165, 1.54) is 38.3 Å². The quantitative estimate of drug-likeness (QED) is 0.652. The highest BCUT2D eigenvalue weighted by Crippen LogP contribution is 2.43. The summed E-state index contributed by atoms with van der Waals surface area (Å²) in [6.45, 7) is 18.1. The number of rotatable bonds is 1. The molecule has 2 nitrogen and oxygen atoms in total. The fourth-order valence-electron chi connectivity index (χ4n) is 2.76. The Bertz CT molecular complexity index is 269. The highest BCUT2D eigenvalue weighted by Gasteiger charge is 2.50. The summed E-state index contributed by atoms with van der Waals surface area (Å²) in [6, 6.07) is 0. The van der Waals surface area contributed by atoms with Crippen molar-refractivity contribution < 1.29 is 0 Å². The third kappa shape index (κ3) is 1.92. The summed E-state index contributed by atoms with van der Waals surface area (Å²) < 4.78 is 0. The molecule has 86 valence electrons. The van der Waals surface area contributed by atoms with Crippen molar-refractivity contribution in [1.82, 2.24) is 9.80 Å². The van der Waals surface area contributed by atoms with Gasteiger partial charge >= 0.3 is 0 Å². The van der Waals surface area contributed by atoms with Crippen molar-refractivity contribution in [3.05, 3.63) is 12.3 Å².